The van der Waals surface area contributed by atoms with Crippen LogP contribution in [-0.2, 0) is 4.79 Å². The summed E-state index contributed by atoms with van der Waals surface area (Å²) < 4.78 is 0. The molecule has 1 aromatic rings. The largest absolute Gasteiger partial charge is 0.342 e. The van der Waals surface area contributed by atoms with Crippen LogP contribution in [0.15, 0.2) is 23.1 Å². The molecular formula is C13H13ClN2OS. The third-order valence-electron chi connectivity index (χ3n) is 2.87. The standard InChI is InChI=1S/C13H13ClN2OS/c14-11-7-10(8-15)3-4-12(11)18-9-13(17)16-5-1-2-6-16/h3-4,7H,1-2,5-6,9H2. The van der Waals surface area contributed by atoms with Crippen LogP contribution in [0.1, 0.15) is 18.4 Å². The van der Waals surface area contributed by atoms with Gasteiger partial charge in [-0.1, -0.05) is 11.6 Å². The first-order chi connectivity index (χ1) is 8.70. The Bertz CT molecular complexity index is 492. The van der Waals surface area contributed by atoms with Gasteiger partial charge in [-0.15, -0.1) is 11.8 Å². The minimum atomic E-state index is 0.165. The van der Waals surface area contributed by atoms with Gasteiger partial charge in [0.1, 0.15) is 0 Å². The van der Waals surface area contributed by atoms with Crippen LogP contribution in [-0.4, -0.2) is 29.6 Å². The minimum absolute atomic E-state index is 0.165. The Hall–Kier alpha value is -1.18. The highest BCUT2D eigenvalue weighted by molar-refractivity contribution is 8.00. The Morgan fingerprint density at radius 2 is 2.17 bits per heavy atom. The maximum atomic E-state index is 11.9. The highest BCUT2D eigenvalue weighted by Gasteiger charge is 2.18. The molecule has 1 fully saturated rings. The number of carbonyl (C=O) groups is 1. The maximum absolute atomic E-state index is 11.9. The van der Waals surface area contributed by atoms with E-state index in [1.165, 1.54) is 11.8 Å². The van der Waals surface area contributed by atoms with E-state index in [4.69, 9.17) is 16.9 Å². The number of halogens is 1. The van der Waals surface area contributed by atoms with E-state index in [-0.39, 0.29) is 5.91 Å². The molecule has 2 rings (SSSR count). The number of hydrogen-bond donors (Lipinski definition) is 0. The van der Waals surface area contributed by atoms with Gasteiger partial charge in [0.05, 0.1) is 22.4 Å². The number of benzene rings is 1. The van der Waals surface area contributed by atoms with Crippen LogP contribution >= 0.6 is 23.4 Å². The second-order valence-electron chi connectivity index (χ2n) is 4.13. The van der Waals surface area contributed by atoms with E-state index in [2.05, 4.69) is 0 Å². The number of carbonyl (C=O) groups excluding carboxylic acids is 1. The fourth-order valence-corrected chi connectivity index (χ4v) is 3.05. The van der Waals surface area contributed by atoms with Gasteiger partial charge in [-0.05, 0) is 31.0 Å². The highest BCUT2D eigenvalue weighted by Crippen LogP contribution is 2.28. The van der Waals surface area contributed by atoms with Crippen LogP contribution in [0.3, 0.4) is 0 Å². The Labute approximate surface area is 116 Å². The Balaban J connectivity index is 1.94. The zero-order chi connectivity index (χ0) is 13.0. The molecule has 0 bridgehead atoms. The highest BCUT2D eigenvalue weighted by atomic mass is 35.5. The summed E-state index contributed by atoms with van der Waals surface area (Å²) in [5.41, 5.74) is 0.537. The molecule has 3 nitrogen and oxygen atoms in total. The van der Waals surface area contributed by atoms with E-state index in [1.807, 2.05) is 11.0 Å². The van der Waals surface area contributed by atoms with Gasteiger partial charge in [0.2, 0.25) is 5.91 Å². The van der Waals surface area contributed by atoms with Gasteiger partial charge in [-0.2, -0.15) is 5.26 Å². The van der Waals surface area contributed by atoms with E-state index < -0.39 is 0 Å². The molecule has 1 aromatic carbocycles. The normalized spacial score (nSPS) is 14.6. The molecule has 0 spiro atoms. The number of hydrogen-bond acceptors (Lipinski definition) is 3. The van der Waals surface area contributed by atoms with Crippen LogP contribution in [0, 0.1) is 11.3 Å². The van der Waals surface area contributed by atoms with E-state index in [9.17, 15) is 4.79 Å². The second kappa shape index (κ2) is 6.12. The molecule has 0 aromatic heterocycles. The number of likely N-dealkylation sites (tertiary alicyclic amines) is 1. The number of nitriles is 1. The van der Waals surface area contributed by atoms with Gasteiger partial charge in [-0.3, -0.25) is 4.79 Å². The van der Waals surface area contributed by atoms with Crippen molar-refractivity contribution in [3.8, 4) is 6.07 Å². The fourth-order valence-electron chi connectivity index (χ4n) is 1.88. The quantitative estimate of drug-likeness (QED) is 0.800. The molecule has 0 radical (unpaired) electrons. The summed E-state index contributed by atoms with van der Waals surface area (Å²) in [6.45, 7) is 1.75. The molecule has 0 unspecified atom stereocenters. The monoisotopic (exact) mass is 280 g/mol. The Kier molecular flexibility index (Phi) is 4.51. The van der Waals surface area contributed by atoms with Crippen molar-refractivity contribution in [2.24, 2.45) is 0 Å². The van der Waals surface area contributed by atoms with Gasteiger partial charge in [0.15, 0.2) is 0 Å². The predicted octanol–water partition coefficient (Wildman–Crippen LogP) is 2.93. The molecule has 0 saturated carbocycles. The molecule has 0 atom stereocenters. The first-order valence-corrected chi connectivity index (χ1v) is 7.17. The molecule has 94 valence electrons. The number of amides is 1. The Morgan fingerprint density at radius 1 is 1.44 bits per heavy atom. The third kappa shape index (κ3) is 3.18. The first kappa shape index (κ1) is 13.3. The molecule has 0 N–H and O–H groups in total. The number of nitrogens with zero attached hydrogens (tertiary/aromatic N) is 2. The summed E-state index contributed by atoms with van der Waals surface area (Å²) in [6.07, 6.45) is 2.21. The van der Waals surface area contributed by atoms with Crippen molar-refractivity contribution in [3.05, 3.63) is 28.8 Å². The summed E-state index contributed by atoms with van der Waals surface area (Å²) in [6, 6.07) is 7.18. The van der Waals surface area contributed by atoms with E-state index in [0.29, 0.717) is 16.3 Å². The summed E-state index contributed by atoms with van der Waals surface area (Å²) in [7, 11) is 0. The lowest BCUT2D eigenvalue weighted by Gasteiger charge is -2.14. The fraction of sp³-hybridized carbons (Fsp3) is 0.385. The molecular weight excluding hydrogens is 268 g/mol. The van der Waals surface area contributed by atoms with E-state index in [0.717, 1.165) is 30.8 Å². The van der Waals surface area contributed by atoms with Gasteiger partial charge >= 0.3 is 0 Å². The summed E-state index contributed by atoms with van der Waals surface area (Å²) in [5, 5.41) is 9.27. The average molecular weight is 281 g/mol. The van der Waals surface area contributed by atoms with Crippen molar-refractivity contribution in [2.45, 2.75) is 17.7 Å². The van der Waals surface area contributed by atoms with Crippen molar-refractivity contribution in [1.82, 2.24) is 4.90 Å². The summed E-state index contributed by atoms with van der Waals surface area (Å²) >= 11 is 7.48. The first-order valence-electron chi connectivity index (χ1n) is 5.81. The molecule has 1 aliphatic heterocycles. The zero-order valence-corrected chi connectivity index (χ0v) is 11.4. The lowest BCUT2D eigenvalue weighted by molar-refractivity contribution is -0.127. The van der Waals surface area contributed by atoms with E-state index in [1.54, 1.807) is 18.2 Å². The van der Waals surface area contributed by atoms with Crippen molar-refractivity contribution in [2.75, 3.05) is 18.8 Å². The lowest BCUT2D eigenvalue weighted by atomic mass is 10.2. The van der Waals surface area contributed by atoms with Crippen LogP contribution in [0.25, 0.3) is 0 Å². The van der Waals surface area contributed by atoms with E-state index >= 15 is 0 Å². The smallest absolute Gasteiger partial charge is 0.232 e. The van der Waals surface area contributed by atoms with Crippen molar-refractivity contribution >= 4 is 29.3 Å². The SMILES string of the molecule is N#Cc1ccc(SCC(=O)N2CCCC2)c(Cl)c1. The van der Waals surface area contributed by atoms with Crippen molar-refractivity contribution in [3.63, 3.8) is 0 Å². The van der Waals surface area contributed by atoms with Gasteiger partial charge < -0.3 is 4.90 Å². The number of rotatable bonds is 3. The van der Waals surface area contributed by atoms with Gasteiger partial charge in [0.25, 0.3) is 0 Å². The summed E-state index contributed by atoms with van der Waals surface area (Å²) in [5.74, 6) is 0.573. The molecule has 5 heteroatoms. The average Bonchev–Trinajstić information content (AvgIpc) is 2.90. The number of thioether (sulfide) groups is 1. The van der Waals surface area contributed by atoms with Gasteiger partial charge in [0, 0.05) is 18.0 Å². The predicted molar refractivity (Wildman–Crippen MR) is 72.7 cm³/mol. The molecule has 1 saturated heterocycles. The maximum Gasteiger partial charge on any atom is 0.232 e. The van der Waals surface area contributed by atoms with Crippen LogP contribution in [0.4, 0.5) is 0 Å². The van der Waals surface area contributed by atoms with Crippen LogP contribution in [0.2, 0.25) is 5.02 Å². The lowest BCUT2D eigenvalue weighted by Crippen LogP contribution is -2.29. The topological polar surface area (TPSA) is 44.1 Å². The molecule has 0 aliphatic carbocycles. The Morgan fingerprint density at radius 3 is 2.78 bits per heavy atom. The molecule has 1 aliphatic rings. The van der Waals surface area contributed by atoms with Crippen molar-refractivity contribution < 1.29 is 4.79 Å². The van der Waals surface area contributed by atoms with Crippen LogP contribution < -0.4 is 0 Å². The van der Waals surface area contributed by atoms with Gasteiger partial charge in [-0.25, -0.2) is 0 Å². The van der Waals surface area contributed by atoms with Crippen molar-refractivity contribution in [1.29, 1.82) is 5.26 Å². The minimum Gasteiger partial charge on any atom is -0.342 e. The summed E-state index contributed by atoms with van der Waals surface area (Å²) in [4.78, 5) is 14.6. The zero-order valence-electron chi connectivity index (χ0n) is 9.86. The van der Waals surface area contributed by atoms with Crippen LogP contribution in [0.5, 0.6) is 0 Å². The second-order valence-corrected chi connectivity index (χ2v) is 5.56. The third-order valence-corrected chi connectivity index (χ3v) is 4.35. The molecule has 18 heavy (non-hydrogen) atoms. The molecule has 1 amide bonds. The molecule has 1 heterocycles.